The van der Waals surface area contributed by atoms with Gasteiger partial charge in [-0.1, -0.05) is 33.6 Å². The zero-order valence-electron chi connectivity index (χ0n) is 15.2. The summed E-state index contributed by atoms with van der Waals surface area (Å²) < 4.78 is 0. The van der Waals surface area contributed by atoms with Gasteiger partial charge >= 0.3 is 0 Å². The number of imide groups is 2. The Hall–Kier alpha value is -2.32. The zero-order chi connectivity index (χ0) is 19.7. The second kappa shape index (κ2) is 9.85. The molecule has 4 amide bonds. The van der Waals surface area contributed by atoms with Crippen molar-refractivity contribution in [3.63, 3.8) is 0 Å². The maximum atomic E-state index is 10.0. The minimum Gasteiger partial charge on any atom is -0.313 e. The fourth-order valence-corrected chi connectivity index (χ4v) is 1.60. The van der Waals surface area contributed by atoms with Crippen molar-refractivity contribution in [2.75, 3.05) is 0 Å². The van der Waals surface area contributed by atoms with E-state index in [9.17, 15) is 19.2 Å². The molecule has 0 spiro atoms. The molecule has 2 heterocycles. The molecule has 8 heteroatoms. The molecule has 0 aromatic heterocycles. The largest absolute Gasteiger partial charge is 0.313 e. The van der Waals surface area contributed by atoms with Gasteiger partial charge in [-0.25, -0.2) is 0 Å². The molecule has 0 aliphatic carbocycles. The number of amides is 4. The van der Waals surface area contributed by atoms with E-state index in [0.717, 1.165) is 6.42 Å². The SMILES string of the molecule is CCCCC(C)(C)C(C)(N)N.O=C1C=CC(=O)N1.O=C1C=CC(=O)N1. The van der Waals surface area contributed by atoms with Crippen LogP contribution in [0.2, 0.25) is 0 Å². The van der Waals surface area contributed by atoms with Gasteiger partial charge in [0.1, 0.15) is 0 Å². The van der Waals surface area contributed by atoms with Gasteiger partial charge < -0.3 is 11.5 Å². The number of carbonyl (C=O) groups excluding carboxylic acids is 4. The molecule has 2 aliphatic rings. The minimum atomic E-state index is -0.553. The van der Waals surface area contributed by atoms with Crippen molar-refractivity contribution in [1.29, 1.82) is 0 Å². The molecular formula is C17H28N4O4. The van der Waals surface area contributed by atoms with Gasteiger partial charge in [0.25, 0.3) is 23.6 Å². The molecule has 0 unspecified atom stereocenters. The van der Waals surface area contributed by atoms with Gasteiger partial charge in [-0.15, -0.1) is 0 Å². The van der Waals surface area contributed by atoms with E-state index in [-0.39, 0.29) is 29.0 Å². The van der Waals surface area contributed by atoms with Gasteiger partial charge in [0.2, 0.25) is 0 Å². The van der Waals surface area contributed by atoms with Crippen molar-refractivity contribution in [3.05, 3.63) is 24.3 Å². The summed E-state index contributed by atoms with van der Waals surface area (Å²) in [5, 5.41) is 4.06. The standard InChI is InChI=1S/C9H22N2.2C4H3NO2/c1-5-6-7-8(2,3)9(4,10)11;2*6-3-1-2-4(7)5-3/h5-7,10-11H2,1-4H3;2*1-2H,(H,5,6,7). The number of carbonyl (C=O) groups is 4. The number of rotatable bonds is 4. The van der Waals surface area contributed by atoms with Crippen LogP contribution >= 0.6 is 0 Å². The molecule has 2 rings (SSSR count). The molecule has 8 nitrogen and oxygen atoms in total. The van der Waals surface area contributed by atoms with Crippen molar-refractivity contribution in [1.82, 2.24) is 10.6 Å². The Balaban J connectivity index is 0.000000358. The first-order valence-corrected chi connectivity index (χ1v) is 8.03. The summed E-state index contributed by atoms with van der Waals surface area (Å²) in [6.07, 6.45) is 8.30. The van der Waals surface area contributed by atoms with Crippen molar-refractivity contribution < 1.29 is 19.2 Å². The van der Waals surface area contributed by atoms with Crippen molar-refractivity contribution in [2.45, 2.75) is 52.6 Å². The van der Waals surface area contributed by atoms with Gasteiger partial charge in [0.15, 0.2) is 0 Å². The van der Waals surface area contributed by atoms with Crippen molar-refractivity contribution in [2.24, 2.45) is 16.9 Å². The average Bonchev–Trinajstić information content (AvgIpc) is 3.04. The minimum absolute atomic E-state index is 0.0447. The number of nitrogens with one attached hydrogen (secondary N) is 2. The molecule has 0 atom stereocenters. The summed E-state index contributed by atoms with van der Waals surface area (Å²) in [5.41, 5.74) is 11.2. The molecule has 25 heavy (non-hydrogen) atoms. The predicted octanol–water partition coefficient (Wildman–Crippen LogP) is 0.234. The molecular weight excluding hydrogens is 324 g/mol. The smallest absolute Gasteiger partial charge is 0.250 e. The summed E-state index contributed by atoms with van der Waals surface area (Å²) in [6, 6.07) is 0. The van der Waals surface area contributed by atoms with Gasteiger partial charge in [0, 0.05) is 24.3 Å². The molecule has 0 radical (unpaired) electrons. The van der Waals surface area contributed by atoms with Gasteiger partial charge in [0.05, 0.1) is 5.66 Å². The highest BCUT2D eigenvalue weighted by Gasteiger charge is 2.32. The summed E-state index contributed by atoms with van der Waals surface area (Å²) >= 11 is 0. The molecule has 140 valence electrons. The van der Waals surface area contributed by atoms with Gasteiger partial charge in [-0.05, 0) is 18.8 Å². The first kappa shape index (κ1) is 22.7. The monoisotopic (exact) mass is 352 g/mol. The molecule has 0 fully saturated rings. The Kier molecular flexibility index (Phi) is 8.94. The molecule has 2 aliphatic heterocycles. The van der Waals surface area contributed by atoms with Crippen LogP contribution in [0.15, 0.2) is 24.3 Å². The highest BCUT2D eigenvalue weighted by molar-refractivity contribution is 6.13. The third-order valence-corrected chi connectivity index (χ3v) is 3.88. The lowest BCUT2D eigenvalue weighted by Gasteiger charge is -2.38. The van der Waals surface area contributed by atoms with E-state index < -0.39 is 5.66 Å². The highest BCUT2D eigenvalue weighted by atomic mass is 16.2. The zero-order valence-corrected chi connectivity index (χ0v) is 15.2. The van der Waals surface area contributed by atoms with Gasteiger partial charge in [-0.3, -0.25) is 29.8 Å². The Morgan fingerprint density at radius 1 is 0.800 bits per heavy atom. The van der Waals surface area contributed by atoms with Gasteiger partial charge in [-0.2, -0.15) is 0 Å². The first-order chi connectivity index (χ1) is 11.4. The topological polar surface area (TPSA) is 144 Å². The molecule has 0 saturated carbocycles. The predicted molar refractivity (Wildman–Crippen MR) is 94.7 cm³/mol. The highest BCUT2D eigenvalue weighted by Crippen LogP contribution is 2.30. The Bertz CT molecular complexity index is 504. The normalized spacial score (nSPS) is 15.9. The van der Waals surface area contributed by atoms with E-state index in [0.29, 0.717) is 0 Å². The van der Waals surface area contributed by atoms with E-state index in [1.54, 1.807) is 0 Å². The summed E-state index contributed by atoms with van der Waals surface area (Å²) in [5.74, 6) is -1.31. The fraction of sp³-hybridized carbons (Fsp3) is 0.529. The lowest BCUT2D eigenvalue weighted by Crippen LogP contribution is -2.57. The van der Waals surface area contributed by atoms with Crippen LogP contribution in [-0.2, 0) is 19.2 Å². The van der Waals surface area contributed by atoms with Crippen LogP contribution in [0.5, 0.6) is 0 Å². The molecule has 0 bridgehead atoms. The van der Waals surface area contributed by atoms with Crippen molar-refractivity contribution >= 4 is 23.6 Å². The number of nitrogens with two attached hydrogens (primary N) is 2. The average molecular weight is 352 g/mol. The maximum Gasteiger partial charge on any atom is 0.250 e. The van der Waals surface area contributed by atoms with E-state index in [1.807, 2.05) is 17.6 Å². The van der Waals surface area contributed by atoms with Crippen LogP contribution in [0, 0.1) is 5.41 Å². The summed E-state index contributed by atoms with van der Waals surface area (Å²) in [7, 11) is 0. The third-order valence-electron chi connectivity index (χ3n) is 3.88. The van der Waals surface area contributed by atoms with E-state index >= 15 is 0 Å². The number of hydrogen-bond donors (Lipinski definition) is 4. The molecule has 0 aromatic rings. The maximum absolute atomic E-state index is 10.0. The Morgan fingerprint density at radius 2 is 1.12 bits per heavy atom. The summed E-state index contributed by atoms with van der Waals surface area (Å²) in [6.45, 7) is 8.33. The fourth-order valence-electron chi connectivity index (χ4n) is 1.60. The quantitative estimate of drug-likeness (QED) is 0.421. The van der Waals surface area contributed by atoms with Crippen LogP contribution in [0.25, 0.3) is 0 Å². The van der Waals surface area contributed by atoms with Crippen LogP contribution in [0.3, 0.4) is 0 Å². The Morgan fingerprint density at radius 3 is 1.28 bits per heavy atom. The molecule has 6 N–H and O–H groups in total. The molecule has 0 saturated heterocycles. The van der Waals surface area contributed by atoms with Crippen LogP contribution in [0.4, 0.5) is 0 Å². The van der Waals surface area contributed by atoms with Crippen LogP contribution < -0.4 is 22.1 Å². The Labute approximate surface area is 148 Å². The second-order valence-corrected chi connectivity index (χ2v) is 6.64. The van der Waals surface area contributed by atoms with Crippen molar-refractivity contribution in [3.8, 4) is 0 Å². The number of hydrogen-bond acceptors (Lipinski definition) is 6. The van der Waals surface area contributed by atoms with Crippen LogP contribution in [0.1, 0.15) is 47.0 Å². The lowest BCUT2D eigenvalue weighted by atomic mass is 9.77. The second-order valence-electron chi connectivity index (χ2n) is 6.64. The third kappa shape index (κ3) is 9.53. The lowest BCUT2D eigenvalue weighted by molar-refractivity contribution is -0.125. The first-order valence-electron chi connectivity index (χ1n) is 8.03. The number of unbranched alkanes of at least 4 members (excludes halogenated alkanes) is 1. The molecule has 0 aromatic carbocycles. The summed E-state index contributed by atoms with van der Waals surface area (Å²) in [4.78, 5) is 40.1. The van der Waals surface area contributed by atoms with E-state index in [2.05, 4.69) is 20.8 Å². The van der Waals surface area contributed by atoms with Crippen LogP contribution in [-0.4, -0.2) is 29.3 Å². The van der Waals surface area contributed by atoms with E-state index in [1.165, 1.54) is 37.1 Å². The van der Waals surface area contributed by atoms with E-state index in [4.69, 9.17) is 11.5 Å².